The predicted molar refractivity (Wildman–Crippen MR) is 129 cm³/mol. The van der Waals surface area contributed by atoms with Gasteiger partial charge in [-0.2, -0.15) is 0 Å². The van der Waals surface area contributed by atoms with Gasteiger partial charge in [-0.3, -0.25) is 4.55 Å². The summed E-state index contributed by atoms with van der Waals surface area (Å²) < 4.78 is 43.8. The molecule has 2 N–H and O–H groups in total. The zero-order valence-electron chi connectivity index (χ0n) is 20.8. The lowest BCUT2D eigenvalue weighted by Gasteiger charge is -2.39. The first kappa shape index (κ1) is 26.2. The minimum absolute atomic E-state index is 0.0572. The molecule has 1 aliphatic carbocycles. The molecule has 1 saturated carbocycles. The number of nitrogens with zero attached hydrogens (tertiary/aromatic N) is 5. The smallest absolute Gasteiger partial charge is 0.231 e. The van der Waals surface area contributed by atoms with E-state index in [9.17, 15) is 8.76 Å². The van der Waals surface area contributed by atoms with Crippen LogP contribution in [0.5, 0.6) is 0 Å². The second-order valence-electron chi connectivity index (χ2n) is 9.40. The Morgan fingerprint density at radius 2 is 1.86 bits per heavy atom. The van der Waals surface area contributed by atoms with Gasteiger partial charge in [0.1, 0.15) is 17.8 Å². The molecule has 194 valence electrons. The summed E-state index contributed by atoms with van der Waals surface area (Å²) in [5, 5.41) is 9.22. The molecule has 0 spiro atoms. The van der Waals surface area contributed by atoms with Crippen molar-refractivity contribution in [3.63, 3.8) is 0 Å². The van der Waals surface area contributed by atoms with E-state index in [1.54, 1.807) is 26.6 Å². The summed E-state index contributed by atoms with van der Waals surface area (Å²) in [6.45, 7) is 4.47. The topological polar surface area (TPSA) is 134 Å². The van der Waals surface area contributed by atoms with Gasteiger partial charge in [-0.25, -0.2) is 18.9 Å². The van der Waals surface area contributed by atoms with Crippen LogP contribution in [0.25, 0.3) is 0 Å². The second-order valence-corrected chi connectivity index (χ2v) is 10.1. The Balaban J connectivity index is 1.77. The van der Waals surface area contributed by atoms with Crippen LogP contribution in [-0.4, -0.2) is 72.6 Å². The molecule has 7 atom stereocenters. The predicted octanol–water partition coefficient (Wildman–Crippen LogP) is 2.42. The van der Waals surface area contributed by atoms with Crippen LogP contribution in [0.2, 0.25) is 0 Å². The van der Waals surface area contributed by atoms with Gasteiger partial charge in [-0.1, -0.05) is 0 Å². The van der Waals surface area contributed by atoms with Crippen LogP contribution in [0.1, 0.15) is 80.1 Å². The Labute approximate surface area is 208 Å². The van der Waals surface area contributed by atoms with Gasteiger partial charge in [0.05, 0.1) is 18.2 Å². The first-order chi connectivity index (χ1) is 16.9. The highest BCUT2D eigenvalue weighted by Crippen LogP contribution is 2.38. The summed E-state index contributed by atoms with van der Waals surface area (Å²) in [4.78, 5) is 9.06. The van der Waals surface area contributed by atoms with Gasteiger partial charge in [0.2, 0.25) is 11.3 Å². The fraction of sp³-hybridized carbons (Fsp3) is 0.739. The highest BCUT2D eigenvalue weighted by atomic mass is 32.2. The van der Waals surface area contributed by atoms with Crippen molar-refractivity contribution in [3.05, 3.63) is 35.4 Å². The quantitative estimate of drug-likeness (QED) is 0.464. The van der Waals surface area contributed by atoms with Crippen molar-refractivity contribution in [2.45, 2.75) is 88.7 Å². The summed E-state index contributed by atoms with van der Waals surface area (Å²) in [7, 11) is 3.47. The molecule has 0 radical (unpaired) electrons. The molecule has 1 aliphatic heterocycles. The standard InChI is InChI=1S/C23H36N6O5S/c1-14-12-24-22(25-13-14)16(15(2)28-35(30)31)11-20-26-27-23(19-9-6-10-34-19)29(20)21-17(32-3)7-5-8-18(21)33-4/h12-13,15-19,21,28H,5-11H2,1-4H3,(H,30,31)/t15-,16-,17-,18+,19-,21?/m1/s1. The Kier molecular flexibility index (Phi) is 8.95. The first-order valence-corrected chi connectivity index (χ1v) is 13.3. The Morgan fingerprint density at radius 3 is 2.43 bits per heavy atom. The van der Waals surface area contributed by atoms with Gasteiger partial charge >= 0.3 is 0 Å². The molecule has 35 heavy (non-hydrogen) atoms. The number of hydrogen-bond donors (Lipinski definition) is 2. The van der Waals surface area contributed by atoms with E-state index in [4.69, 9.17) is 14.2 Å². The van der Waals surface area contributed by atoms with Gasteiger partial charge < -0.3 is 18.8 Å². The molecule has 2 aliphatic rings. The van der Waals surface area contributed by atoms with Gasteiger partial charge in [-0.15, -0.1) is 10.2 Å². The summed E-state index contributed by atoms with van der Waals surface area (Å²) in [6, 6.07) is -0.513. The molecule has 0 amide bonds. The summed E-state index contributed by atoms with van der Waals surface area (Å²) in [5.41, 5.74) is 0.941. The molecule has 12 heteroatoms. The molecular weight excluding hydrogens is 472 g/mol. The van der Waals surface area contributed by atoms with Crippen molar-refractivity contribution in [1.82, 2.24) is 29.5 Å². The molecule has 1 saturated heterocycles. The van der Waals surface area contributed by atoms with Crippen LogP contribution in [0.4, 0.5) is 0 Å². The molecule has 4 rings (SSSR count). The zero-order chi connectivity index (χ0) is 24.9. The number of ether oxygens (including phenoxy) is 3. The number of nitrogens with one attached hydrogen (secondary N) is 1. The lowest BCUT2D eigenvalue weighted by atomic mass is 9.88. The van der Waals surface area contributed by atoms with Crippen LogP contribution in [0, 0.1) is 6.92 Å². The fourth-order valence-electron chi connectivity index (χ4n) is 5.27. The molecule has 2 aromatic rings. The molecule has 2 aromatic heterocycles. The maximum absolute atomic E-state index is 11.6. The molecule has 2 fully saturated rings. The largest absolute Gasteiger partial charge is 0.379 e. The average Bonchev–Trinajstić information content (AvgIpc) is 3.52. The van der Waals surface area contributed by atoms with Crippen molar-refractivity contribution in [1.29, 1.82) is 0 Å². The molecule has 0 aromatic carbocycles. The summed E-state index contributed by atoms with van der Waals surface area (Å²) in [5.74, 6) is 1.77. The van der Waals surface area contributed by atoms with E-state index in [1.165, 1.54) is 0 Å². The van der Waals surface area contributed by atoms with Crippen molar-refractivity contribution in [2.75, 3.05) is 20.8 Å². The lowest BCUT2D eigenvalue weighted by Crippen LogP contribution is -2.42. The van der Waals surface area contributed by atoms with Crippen molar-refractivity contribution >= 4 is 11.3 Å². The van der Waals surface area contributed by atoms with Crippen molar-refractivity contribution in [3.8, 4) is 0 Å². The van der Waals surface area contributed by atoms with Gasteiger partial charge in [0.15, 0.2) is 5.82 Å². The number of rotatable bonds is 10. The van der Waals surface area contributed by atoms with E-state index < -0.39 is 17.3 Å². The monoisotopic (exact) mass is 508 g/mol. The molecule has 2 unspecified atom stereocenters. The average molecular weight is 509 g/mol. The molecule has 3 heterocycles. The van der Waals surface area contributed by atoms with Gasteiger partial charge in [0, 0.05) is 51.6 Å². The number of aryl methyl sites for hydroxylation is 1. The molecule has 11 nitrogen and oxygen atoms in total. The van der Waals surface area contributed by atoms with Crippen LogP contribution in [-0.2, 0) is 31.9 Å². The molecular formula is C23H36N6O5S. The number of aromatic nitrogens is 5. The van der Waals surface area contributed by atoms with E-state index in [-0.39, 0.29) is 30.3 Å². The van der Waals surface area contributed by atoms with Crippen LogP contribution in [0.15, 0.2) is 12.4 Å². The molecule has 0 bridgehead atoms. The van der Waals surface area contributed by atoms with E-state index >= 15 is 0 Å². The zero-order valence-corrected chi connectivity index (χ0v) is 21.6. The number of hydrogen-bond acceptors (Lipinski definition) is 8. The Morgan fingerprint density at radius 1 is 1.17 bits per heavy atom. The van der Waals surface area contributed by atoms with Crippen LogP contribution in [0.3, 0.4) is 0 Å². The van der Waals surface area contributed by atoms with Gasteiger partial charge in [-0.05, 0) is 51.5 Å². The third kappa shape index (κ3) is 5.95. The normalized spacial score (nSPS) is 27.6. The van der Waals surface area contributed by atoms with Crippen LogP contribution < -0.4 is 4.72 Å². The van der Waals surface area contributed by atoms with Crippen molar-refractivity contribution < 1.29 is 23.0 Å². The van der Waals surface area contributed by atoms with Gasteiger partial charge in [0.25, 0.3) is 0 Å². The SMILES string of the molecule is CO[C@H]1CCC[C@@H](OC)C1n1c(C[C@@H](c2ncc(C)cn2)[C@@H](C)NS(=O)O)nnc1[C@H]1CCCO1. The highest BCUT2D eigenvalue weighted by Gasteiger charge is 2.40. The minimum Gasteiger partial charge on any atom is -0.379 e. The summed E-state index contributed by atoms with van der Waals surface area (Å²) >= 11 is -2.18. The second kappa shape index (κ2) is 11.9. The number of methoxy groups -OCH3 is 2. The third-order valence-electron chi connectivity index (χ3n) is 7.08. The lowest BCUT2D eigenvalue weighted by molar-refractivity contribution is -0.0598. The van der Waals surface area contributed by atoms with Crippen LogP contribution >= 0.6 is 0 Å². The first-order valence-electron chi connectivity index (χ1n) is 12.2. The minimum atomic E-state index is -2.18. The third-order valence-corrected chi connectivity index (χ3v) is 7.65. The fourth-order valence-corrected chi connectivity index (χ4v) is 5.76. The van der Waals surface area contributed by atoms with E-state index in [2.05, 4.69) is 29.5 Å². The van der Waals surface area contributed by atoms with E-state index in [1.807, 2.05) is 13.8 Å². The maximum Gasteiger partial charge on any atom is 0.231 e. The van der Waals surface area contributed by atoms with E-state index in [0.717, 1.165) is 49.3 Å². The maximum atomic E-state index is 11.6. The summed E-state index contributed by atoms with van der Waals surface area (Å²) in [6.07, 6.45) is 8.37. The van der Waals surface area contributed by atoms with Crippen molar-refractivity contribution in [2.24, 2.45) is 0 Å². The highest BCUT2D eigenvalue weighted by molar-refractivity contribution is 7.77. The Hall–Kier alpha value is -1.83. The van der Waals surface area contributed by atoms with E-state index in [0.29, 0.717) is 18.9 Å². The Bertz CT molecular complexity index is 971.